The maximum absolute atomic E-state index is 5.40. The molecule has 1 aliphatic carbocycles. The smallest absolute Gasteiger partial charge is 0.106 e. The molecule has 0 atom stereocenters. The van der Waals surface area contributed by atoms with Gasteiger partial charge in [-0.2, -0.15) is 0 Å². The molecule has 0 saturated heterocycles. The Bertz CT molecular complexity index is 331. The summed E-state index contributed by atoms with van der Waals surface area (Å²) in [5, 5.41) is 0. The molecule has 1 aromatic heterocycles. The third kappa shape index (κ3) is 2.23. The number of ether oxygens (including phenoxy) is 1. The number of fused-ring (bicyclic) bond motifs is 1. The van der Waals surface area contributed by atoms with Crippen molar-refractivity contribution >= 4 is 0 Å². The summed E-state index contributed by atoms with van der Waals surface area (Å²) < 4.78 is 7.74. The summed E-state index contributed by atoms with van der Waals surface area (Å²) in [7, 11) is 0. The molecule has 1 aliphatic rings. The Balaban J connectivity index is 2.11. The molecule has 2 rings (SSSR count). The average molecular weight is 208 g/mol. The lowest BCUT2D eigenvalue weighted by Crippen LogP contribution is -2.13. The third-order valence-corrected chi connectivity index (χ3v) is 3.09. The Hall–Kier alpha value is -0.830. The first-order chi connectivity index (χ1) is 7.33. The predicted molar refractivity (Wildman–Crippen MR) is 60.1 cm³/mol. The molecule has 0 N–H and O–H groups in total. The summed E-state index contributed by atoms with van der Waals surface area (Å²) in [5.74, 6) is 1.15. The standard InChI is InChI=1S/C12H20N2O/c1-3-15-9-8-14-10(2)13-11-6-4-5-7-12(11)14/h3-9H2,1-2H3. The molecule has 0 aromatic carbocycles. The molecule has 0 fully saturated rings. The van der Waals surface area contributed by atoms with Gasteiger partial charge in [0.2, 0.25) is 0 Å². The van der Waals surface area contributed by atoms with Crippen molar-refractivity contribution in [3.8, 4) is 0 Å². The maximum Gasteiger partial charge on any atom is 0.106 e. The van der Waals surface area contributed by atoms with Crippen LogP contribution in [0.5, 0.6) is 0 Å². The van der Waals surface area contributed by atoms with Gasteiger partial charge in [0.1, 0.15) is 5.82 Å². The van der Waals surface area contributed by atoms with E-state index in [9.17, 15) is 0 Å². The summed E-state index contributed by atoms with van der Waals surface area (Å²) in [5.41, 5.74) is 2.79. The number of aromatic nitrogens is 2. The molecule has 0 saturated carbocycles. The van der Waals surface area contributed by atoms with Crippen molar-refractivity contribution in [2.45, 2.75) is 46.1 Å². The van der Waals surface area contributed by atoms with E-state index in [2.05, 4.69) is 16.5 Å². The summed E-state index contributed by atoms with van der Waals surface area (Å²) in [6.45, 7) is 6.71. The highest BCUT2D eigenvalue weighted by Crippen LogP contribution is 2.21. The van der Waals surface area contributed by atoms with Gasteiger partial charge in [-0.15, -0.1) is 0 Å². The average Bonchev–Trinajstić information content (AvgIpc) is 2.56. The summed E-state index contributed by atoms with van der Waals surface area (Å²) in [4.78, 5) is 4.64. The van der Waals surface area contributed by atoms with Crippen LogP contribution in [0.1, 0.15) is 37.0 Å². The minimum Gasteiger partial charge on any atom is -0.380 e. The first-order valence-electron chi connectivity index (χ1n) is 5.95. The minimum atomic E-state index is 0.802. The van der Waals surface area contributed by atoms with Gasteiger partial charge in [-0.3, -0.25) is 0 Å². The van der Waals surface area contributed by atoms with Gasteiger partial charge in [0.05, 0.1) is 12.3 Å². The predicted octanol–water partition coefficient (Wildman–Crippen LogP) is 2.11. The van der Waals surface area contributed by atoms with Crippen LogP contribution < -0.4 is 0 Å². The van der Waals surface area contributed by atoms with E-state index in [-0.39, 0.29) is 0 Å². The van der Waals surface area contributed by atoms with Gasteiger partial charge in [-0.25, -0.2) is 4.98 Å². The van der Waals surface area contributed by atoms with Crippen molar-refractivity contribution in [3.63, 3.8) is 0 Å². The van der Waals surface area contributed by atoms with Crippen LogP contribution in [0.25, 0.3) is 0 Å². The highest BCUT2D eigenvalue weighted by atomic mass is 16.5. The second kappa shape index (κ2) is 4.79. The van der Waals surface area contributed by atoms with Crippen molar-refractivity contribution in [3.05, 3.63) is 17.2 Å². The van der Waals surface area contributed by atoms with Crippen molar-refractivity contribution in [1.29, 1.82) is 0 Å². The van der Waals surface area contributed by atoms with Gasteiger partial charge in [-0.05, 0) is 39.5 Å². The van der Waals surface area contributed by atoms with Gasteiger partial charge in [0.25, 0.3) is 0 Å². The van der Waals surface area contributed by atoms with Crippen LogP contribution in [0, 0.1) is 6.92 Å². The van der Waals surface area contributed by atoms with Crippen LogP contribution in [0.2, 0.25) is 0 Å². The van der Waals surface area contributed by atoms with E-state index in [1.807, 2.05) is 6.92 Å². The lowest BCUT2D eigenvalue weighted by molar-refractivity contribution is 0.138. The van der Waals surface area contributed by atoms with Gasteiger partial charge in [-0.1, -0.05) is 0 Å². The molecule has 0 spiro atoms. The van der Waals surface area contributed by atoms with E-state index in [0.29, 0.717) is 0 Å². The minimum absolute atomic E-state index is 0.802. The summed E-state index contributed by atoms with van der Waals surface area (Å²) >= 11 is 0. The van der Waals surface area contributed by atoms with E-state index in [1.165, 1.54) is 30.7 Å². The summed E-state index contributed by atoms with van der Waals surface area (Å²) in [6, 6.07) is 0. The first kappa shape index (κ1) is 10.7. The Labute approximate surface area is 91.5 Å². The van der Waals surface area contributed by atoms with Crippen LogP contribution in [0.3, 0.4) is 0 Å². The van der Waals surface area contributed by atoms with Gasteiger partial charge < -0.3 is 9.30 Å². The molecule has 0 aliphatic heterocycles. The largest absolute Gasteiger partial charge is 0.380 e. The zero-order valence-electron chi connectivity index (χ0n) is 9.75. The van der Waals surface area contributed by atoms with Gasteiger partial charge in [0, 0.05) is 18.8 Å². The van der Waals surface area contributed by atoms with Crippen molar-refractivity contribution in [2.75, 3.05) is 13.2 Å². The SMILES string of the molecule is CCOCCn1c(C)nc2c1CCCC2. The molecule has 15 heavy (non-hydrogen) atoms. The van der Waals surface area contributed by atoms with Crippen LogP contribution >= 0.6 is 0 Å². The van der Waals surface area contributed by atoms with E-state index >= 15 is 0 Å². The maximum atomic E-state index is 5.40. The second-order valence-corrected chi connectivity index (χ2v) is 4.11. The topological polar surface area (TPSA) is 27.1 Å². The lowest BCUT2D eigenvalue weighted by Gasteiger charge is -2.14. The molecule has 84 valence electrons. The van der Waals surface area contributed by atoms with Crippen molar-refractivity contribution in [1.82, 2.24) is 9.55 Å². The highest BCUT2D eigenvalue weighted by Gasteiger charge is 2.17. The molecule has 0 amide bonds. The number of hydrogen-bond acceptors (Lipinski definition) is 2. The Morgan fingerprint density at radius 2 is 2.13 bits per heavy atom. The Morgan fingerprint density at radius 3 is 2.93 bits per heavy atom. The summed E-state index contributed by atoms with van der Waals surface area (Å²) in [6.07, 6.45) is 4.97. The second-order valence-electron chi connectivity index (χ2n) is 4.11. The van der Waals surface area contributed by atoms with E-state index < -0.39 is 0 Å². The highest BCUT2D eigenvalue weighted by molar-refractivity contribution is 5.19. The Kier molecular flexibility index (Phi) is 3.41. The zero-order chi connectivity index (χ0) is 10.7. The fraction of sp³-hybridized carbons (Fsp3) is 0.750. The quantitative estimate of drug-likeness (QED) is 0.709. The van der Waals surface area contributed by atoms with Crippen LogP contribution in [0.15, 0.2) is 0 Å². The molecular formula is C12H20N2O. The van der Waals surface area contributed by atoms with E-state index in [4.69, 9.17) is 4.74 Å². The van der Waals surface area contributed by atoms with E-state index in [1.54, 1.807) is 0 Å². The molecule has 0 unspecified atom stereocenters. The molecule has 1 aromatic rings. The fourth-order valence-electron chi connectivity index (χ4n) is 2.33. The van der Waals surface area contributed by atoms with Gasteiger partial charge >= 0.3 is 0 Å². The van der Waals surface area contributed by atoms with Crippen LogP contribution in [-0.4, -0.2) is 22.8 Å². The monoisotopic (exact) mass is 208 g/mol. The third-order valence-electron chi connectivity index (χ3n) is 3.09. The number of rotatable bonds is 4. The molecule has 3 nitrogen and oxygen atoms in total. The van der Waals surface area contributed by atoms with Crippen LogP contribution in [0.4, 0.5) is 0 Å². The Morgan fingerprint density at radius 1 is 1.33 bits per heavy atom. The van der Waals surface area contributed by atoms with Crippen molar-refractivity contribution < 1.29 is 4.74 Å². The number of imidazole rings is 1. The zero-order valence-corrected chi connectivity index (χ0v) is 9.75. The molecule has 3 heteroatoms. The normalized spacial score (nSPS) is 15.3. The van der Waals surface area contributed by atoms with E-state index in [0.717, 1.165) is 32.0 Å². The van der Waals surface area contributed by atoms with Gasteiger partial charge in [0.15, 0.2) is 0 Å². The van der Waals surface area contributed by atoms with Crippen molar-refractivity contribution in [2.24, 2.45) is 0 Å². The number of hydrogen-bond donors (Lipinski definition) is 0. The lowest BCUT2D eigenvalue weighted by atomic mass is 10.0. The fourth-order valence-corrected chi connectivity index (χ4v) is 2.33. The van der Waals surface area contributed by atoms with Crippen LogP contribution in [-0.2, 0) is 24.1 Å². The first-order valence-corrected chi connectivity index (χ1v) is 5.95. The number of nitrogens with zero attached hydrogens (tertiary/aromatic N) is 2. The molecule has 0 radical (unpaired) electrons. The molecule has 1 heterocycles. The molecular weight excluding hydrogens is 188 g/mol. The number of aryl methyl sites for hydroxylation is 2. The molecule has 0 bridgehead atoms.